The second kappa shape index (κ2) is 67.1. The molecule has 0 aromatic rings. The van der Waals surface area contributed by atoms with E-state index in [1.165, 1.54) is 276 Å². The van der Waals surface area contributed by atoms with Crippen LogP contribution < -0.4 is 0 Å². The van der Waals surface area contributed by atoms with Gasteiger partial charge < -0.3 is 14.2 Å². The first-order valence-corrected chi connectivity index (χ1v) is 35.0. The Balaban J connectivity index is 4.28. The van der Waals surface area contributed by atoms with Gasteiger partial charge in [0, 0.05) is 19.3 Å². The van der Waals surface area contributed by atoms with Crippen molar-refractivity contribution in [3.05, 3.63) is 36.5 Å². The van der Waals surface area contributed by atoms with Crippen molar-refractivity contribution in [1.29, 1.82) is 0 Å². The molecule has 1 unspecified atom stereocenters. The van der Waals surface area contributed by atoms with E-state index >= 15 is 0 Å². The van der Waals surface area contributed by atoms with E-state index in [9.17, 15) is 14.4 Å². The molecule has 78 heavy (non-hydrogen) atoms. The first-order valence-electron chi connectivity index (χ1n) is 35.0. The molecule has 0 radical (unpaired) electrons. The molecule has 0 saturated heterocycles. The predicted octanol–water partition coefficient (Wildman–Crippen LogP) is 23.9. The number of ether oxygens (including phenoxy) is 3. The van der Waals surface area contributed by atoms with E-state index in [0.29, 0.717) is 19.3 Å². The lowest BCUT2D eigenvalue weighted by Gasteiger charge is -2.18. The molecular weight excluding hydrogens is 961 g/mol. The monoisotopic (exact) mass is 1100 g/mol. The fourth-order valence-electron chi connectivity index (χ4n) is 10.6. The van der Waals surface area contributed by atoms with Crippen LogP contribution in [-0.2, 0) is 28.6 Å². The molecule has 0 fully saturated rings. The predicted molar refractivity (Wildman–Crippen MR) is 339 cm³/mol. The summed E-state index contributed by atoms with van der Waals surface area (Å²) in [5, 5.41) is 0. The Morgan fingerprint density at radius 1 is 0.256 bits per heavy atom. The van der Waals surface area contributed by atoms with Crippen LogP contribution in [0.25, 0.3) is 0 Å². The highest BCUT2D eigenvalue weighted by atomic mass is 16.6. The van der Waals surface area contributed by atoms with Crippen molar-refractivity contribution in [1.82, 2.24) is 0 Å². The Morgan fingerprint density at radius 3 is 0.718 bits per heavy atom. The minimum absolute atomic E-state index is 0.0701. The van der Waals surface area contributed by atoms with Gasteiger partial charge in [0.1, 0.15) is 13.2 Å². The molecule has 0 heterocycles. The normalized spacial score (nSPS) is 12.2. The van der Waals surface area contributed by atoms with Crippen molar-refractivity contribution in [3.63, 3.8) is 0 Å². The minimum atomic E-state index is -0.774. The molecule has 0 saturated carbocycles. The SMILES string of the molecule is CCCCCCC/C=C\C/C=C\CCCCCCCCCCCCCCCC(=O)OCC(COC(=O)CCCCCCC/C=C\CCCCCCCCC)OC(=O)CCCCCCCCCCCCCCCCCCCCC. The van der Waals surface area contributed by atoms with Gasteiger partial charge >= 0.3 is 17.9 Å². The van der Waals surface area contributed by atoms with Gasteiger partial charge in [-0.15, -0.1) is 0 Å². The molecule has 0 rings (SSSR count). The maximum atomic E-state index is 12.9. The minimum Gasteiger partial charge on any atom is -0.462 e. The van der Waals surface area contributed by atoms with E-state index < -0.39 is 6.10 Å². The van der Waals surface area contributed by atoms with E-state index in [2.05, 4.69) is 57.2 Å². The molecule has 0 aliphatic rings. The number of esters is 3. The van der Waals surface area contributed by atoms with Gasteiger partial charge in [-0.1, -0.05) is 327 Å². The summed E-state index contributed by atoms with van der Waals surface area (Å²) in [5.74, 6) is -0.850. The molecule has 6 heteroatoms. The van der Waals surface area contributed by atoms with E-state index in [-0.39, 0.29) is 31.1 Å². The number of hydrogen-bond acceptors (Lipinski definition) is 6. The van der Waals surface area contributed by atoms with Crippen molar-refractivity contribution in [2.45, 2.75) is 393 Å². The van der Waals surface area contributed by atoms with Crippen LogP contribution in [0.4, 0.5) is 0 Å². The van der Waals surface area contributed by atoms with Crippen LogP contribution in [0.5, 0.6) is 0 Å². The van der Waals surface area contributed by atoms with Crippen LogP contribution in [0.1, 0.15) is 387 Å². The molecule has 0 aliphatic carbocycles. The molecule has 0 spiro atoms. The lowest BCUT2D eigenvalue weighted by molar-refractivity contribution is -0.167. The third kappa shape index (κ3) is 64.5. The molecule has 6 nitrogen and oxygen atoms in total. The smallest absolute Gasteiger partial charge is 0.306 e. The van der Waals surface area contributed by atoms with Crippen LogP contribution in [-0.4, -0.2) is 37.2 Å². The average Bonchev–Trinajstić information content (AvgIpc) is 3.44. The molecule has 458 valence electrons. The number of rotatable bonds is 65. The first-order chi connectivity index (χ1) is 38.5. The van der Waals surface area contributed by atoms with Gasteiger partial charge in [-0.05, 0) is 77.0 Å². The fourth-order valence-corrected chi connectivity index (χ4v) is 10.6. The van der Waals surface area contributed by atoms with Crippen LogP contribution in [0.15, 0.2) is 36.5 Å². The van der Waals surface area contributed by atoms with Crippen molar-refractivity contribution in [2.75, 3.05) is 13.2 Å². The standard InChI is InChI=1S/C72H134O6/c1-4-7-10-13-16-19-22-25-28-31-33-34-35-36-37-38-40-41-44-47-50-53-56-59-62-65-71(74)77-68-69(67-76-70(73)64-61-58-55-52-49-46-43-30-27-24-21-18-15-12-9-6-3)78-72(75)66-63-60-57-54-51-48-45-42-39-32-29-26-23-20-17-14-11-8-5-2/h22,25,30-31,33,43,69H,4-21,23-24,26-29,32,34-42,44-68H2,1-3H3/b25-22-,33-31-,43-30-. The van der Waals surface area contributed by atoms with Crippen molar-refractivity contribution < 1.29 is 28.6 Å². The summed E-state index contributed by atoms with van der Waals surface area (Å²) in [6.45, 7) is 6.70. The summed E-state index contributed by atoms with van der Waals surface area (Å²) in [4.78, 5) is 38.4. The number of hydrogen-bond donors (Lipinski definition) is 0. The summed E-state index contributed by atoms with van der Waals surface area (Å²) >= 11 is 0. The Morgan fingerprint density at radius 2 is 0.462 bits per heavy atom. The molecule has 0 aliphatic heterocycles. The van der Waals surface area contributed by atoms with Crippen LogP contribution in [0, 0.1) is 0 Å². The summed E-state index contributed by atoms with van der Waals surface area (Å²) in [6.07, 6.45) is 83.1. The van der Waals surface area contributed by atoms with Crippen molar-refractivity contribution >= 4 is 17.9 Å². The highest BCUT2D eigenvalue weighted by molar-refractivity contribution is 5.71. The molecule has 0 bridgehead atoms. The Kier molecular flexibility index (Phi) is 65.1. The molecular formula is C72H134O6. The molecule has 0 amide bonds. The number of allylic oxidation sites excluding steroid dienone is 6. The summed E-state index contributed by atoms with van der Waals surface area (Å²) in [6, 6.07) is 0. The van der Waals surface area contributed by atoms with Crippen LogP contribution >= 0.6 is 0 Å². The van der Waals surface area contributed by atoms with Gasteiger partial charge in [0.15, 0.2) is 6.10 Å². The van der Waals surface area contributed by atoms with E-state index in [1.807, 2.05) is 0 Å². The lowest BCUT2D eigenvalue weighted by Crippen LogP contribution is -2.30. The Labute approximate surface area is 486 Å². The Bertz CT molecular complexity index is 1300. The average molecular weight is 1100 g/mol. The number of carbonyl (C=O) groups is 3. The van der Waals surface area contributed by atoms with Gasteiger partial charge in [-0.3, -0.25) is 14.4 Å². The van der Waals surface area contributed by atoms with Crippen LogP contribution in [0.2, 0.25) is 0 Å². The van der Waals surface area contributed by atoms with Gasteiger partial charge in [0.2, 0.25) is 0 Å². The van der Waals surface area contributed by atoms with Crippen LogP contribution in [0.3, 0.4) is 0 Å². The number of carbonyl (C=O) groups excluding carboxylic acids is 3. The highest BCUT2D eigenvalue weighted by Gasteiger charge is 2.19. The molecule has 0 aromatic heterocycles. The topological polar surface area (TPSA) is 78.9 Å². The zero-order valence-corrected chi connectivity index (χ0v) is 52.7. The van der Waals surface area contributed by atoms with Gasteiger partial charge in [-0.2, -0.15) is 0 Å². The van der Waals surface area contributed by atoms with Gasteiger partial charge in [0.25, 0.3) is 0 Å². The van der Waals surface area contributed by atoms with Crippen molar-refractivity contribution in [3.8, 4) is 0 Å². The summed E-state index contributed by atoms with van der Waals surface area (Å²) in [7, 11) is 0. The third-order valence-electron chi connectivity index (χ3n) is 15.9. The summed E-state index contributed by atoms with van der Waals surface area (Å²) in [5.41, 5.74) is 0. The fraction of sp³-hybridized carbons (Fsp3) is 0.875. The largest absolute Gasteiger partial charge is 0.462 e. The first kappa shape index (κ1) is 75.6. The molecule has 0 N–H and O–H groups in total. The summed E-state index contributed by atoms with van der Waals surface area (Å²) < 4.78 is 17.0. The second-order valence-electron chi connectivity index (χ2n) is 23.8. The maximum absolute atomic E-state index is 12.9. The van der Waals surface area contributed by atoms with E-state index in [4.69, 9.17) is 14.2 Å². The zero-order valence-electron chi connectivity index (χ0n) is 52.7. The van der Waals surface area contributed by atoms with E-state index in [0.717, 1.165) is 70.6 Å². The highest BCUT2D eigenvalue weighted by Crippen LogP contribution is 2.18. The van der Waals surface area contributed by atoms with E-state index in [1.54, 1.807) is 0 Å². The quantitative estimate of drug-likeness (QED) is 0.0261. The number of unbranched alkanes of at least 4 members (excludes halogenated alkanes) is 48. The zero-order chi connectivity index (χ0) is 56.4. The lowest BCUT2D eigenvalue weighted by atomic mass is 10.0. The maximum Gasteiger partial charge on any atom is 0.306 e. The van der Waals surface area contributed by atoms with Crippen molar-refractivity contribution in [2.24, 2.45) is 0 Å². The van der Waals surface area contributed by atoms with Gasteiger partial charge in [-0.25, -0.2) is 0 Å². The molecule has 1 atom stereocenters. The second-order valence-corrected chi connectivity index (χ2v) is 23.8. The molecule has 0 aromatic carbocycles. The Hall–Kier alpha value is -2.37. The van der Waals surface area contributed by atoms with Gasteiger partial charge in [0.05, 0.1) is 0 Å². The third-order valence-corrected chi connectivity index (χ3v) is 15.9.